The summed E-state index contributed by atoms with van der Waals surface area (Å²) in [7, 11) is -3.86. The molecule has 0 aromatic rings. The van der Waals surface area contributed by atoms with E-state index in [0.29, 0.717) is 0 Å². The topological polar surface area (TPSA) is 162 Å². The van der Waals surface area contributed by atoms with Crippen LogP contribution < -0.4 is 11.1 Å². The molecular formula is C14H21N3O8S. The summed E-state index contributed by atoms with van der Waals surface area (Å²) in [5, 5.41) is 0.967. The van der Waals surface area contributed by atoms with Crippen molar-refractivity contribution in [1.29, 1.82) is 0 Å². The lowest BCUT2D eigenvalue weighted by Gasteiger charge is -2.24. The number of carbonyl (C=O) groups excluding carboxylic acids is 4. The second-order valence-corrected chi connectivity index (χ2v) is 8.28. The molecule has 0 saturated carbocycles. The van der Waals surface area contributed by atoms with Crippen LogP contribution in [0.3, 0.4) is 0 Å². The summed E-state index contributed by atoms with van der Waals surface area (Å²) in [5.74, 6) is -3.31. The van der Waals surface area contributed by atoms with E-state index in [1.54, 1.807) is 6.92 Å². The largest absolute Gasteiger partial charge is 0.433 e. The molecule has 0 spiro atoms. The van der Waals surface area contributed by atoms with Gasteiger partial charge >= 0.3 is 5.97 Å². The monoisotopic (exact) mass is 391 g/mol. The summed E-state index contributed by atoms with van der Waals surface area (Å²) in [5.41, 5.74) is 5.12. The predicted octanol–water partition coefficient (Wildman–Crippen LogP) is -2.72. The molecule has 0 bridgehead atoms. The second-order valence-electron chi connectivity index (χ2n) is 5.97. The van der Waals surface area contributed by atoms with Crippen LogP contribution in [-0.2, 0) is 38.5 Å². The van der Waals surface area contributed by atoms with Gasteiger partial charge in [-0.25, -0.2) is 8.42 Å². The van der Waals surface area contributed by atoms with E-state index in [4.69, 9.17) is 15.2 Å². The van der Waals surface area contributed by atoms with Crippen molar-refractivity contribution in [3.63, 3.8) is 0 Å². The van der Waals surface area contributed by atoms with Crippen molar-refractivity contribution in [1.82, 2.24) is 10.2 Å². The Labute approximate surface area is 150 Å². The van der Waals surface area contributed by atoms with Gasteiger partial charge in [0.05, 0.1) is 18.7 Å². The number of primary amides is 1. The van der Waals surface area contributed by atoms with Gasteiger partial charge < -0.3 is 25.4 Å². The Morgan fingerprint density at radius 2 is 2.08 bits per heavy atom. The van der Waals surface area contributed by atoms with Crippen molar-refractivity contribution in [2.45, 2.75) is 37.3 Å². The van der Waals surface area contributed by atoms with E-state index in [2.05, 4.69) is 5.32 Å². The Morgan fingerprint density at radius 3 is 2.69 bits per heavy atom. The quantitative estimate of drug-likeness (QED) is 0.461. The van der Waals surface area contributed by atoms with Crippen molar-refractivity contribution in [2.75, 3.05) is 25.4 Å². The molecule has 3 unspecified atom stereocenters. The SMILES string of the molecule is CCOC1OC(=O)CC1NC(=O)CN1CC(C(N)=O)S(=O)(=O)CCC1=O. The fraction of sp³-hybridized carbons (Fsp3) is 0.714. The first-order valence-electron chi connectivity index (χ1n) is 8.03. The standard InChI is InChI=1S/C14H21N3O8S/c1-2-24-14-8(5-12(20)25-14)16-10(18)7-17-6-9(13(15)21)26(22,23)4-3-11(17)19/h8-9,14H,2-7H2,1H3,(H2,15,21)(H,16,18). The summed E-state index contributed by atoms with van der Waals surface area (Å²) in [6, 6.07) is -0.715. The first-order chi connectivity index (χ1) is 12.1. The number of rotatable bonds is 6. The Balaban J connectivity index is 2.03. The molecule has 2 saturated heterocycles. The van der Waals surface area contributed by atoms with Gasteiger partial charge in [0, 0.05) is 19.6 Å². The highest BCUT2D eigenvalue weighted by molar-refractivity contribution is 7.92. The molecule has 2 fully saturated rings. The van der Waals surface area contributed by atoms with E-state index < -0.39 is 70.0 Å². The fourth-order valence-electron chi connectivity index (χ4n) is 2.76. The van der Waals surface area contributed by atoms with Crippen molar-refractivity contribution in [3.05, 3.63) is 0 Å². The van der Waals surface area contributed by atoms with Crippen molar-refractivity contribution in [2.24, 2.45) is 5.73 Å². The Hall–Kier alpha value is -2.21. The first-order valence-corrected chi connectivity index (χ1v) is 9.74. The summed E-state index contributed by atoms with van der Waals surface area (Å²) in [6.07, 6.45) is -1.34. The van der Waals surface area contributed by atoms with Crippen molar-refractivity contribution >= 4 is 33.5 Å². The number of cyclic esters (lactones) is 1. The number of amides is 3. The second kappa shape index (κ2) is 7.99. The number of carbonyl (C=O) groups is 4. The normalized spacial score (nSPS) is 28.3. The number of esters is 1. The van der Waals surface area contributed by atoms with Crippen LogP contribution in [0, 0.1) is 0 Å². The third kappa shape index (κ3) is 4.69. The zero-order chi connectivity index (χ0) is 19.5. The van der Waals surface area contributed by atoms with Crippen LogP contribution >= 0.6 is 0 Å². The zero-order valence-electron chi connectivity index (χ0n) is 14.2. The van der Waals surface area contributed by atoms with Crippen LogP contribution in [0.5, 0.6) is 0 Å². The number of hydrogen-bond acceptors (Lipinski definition) is 8. The number of nitrogens with two attached hydrogens (primary N) is 1. The Kier molecular flexibility index (Phi) is 6.18. The maximum atomic E-state index is 12.2. The lowest BCUT2D eigenvalue weighted by molar-refractivity contribution is -0.164. The smallest absolute Gasteiger partial charge is 0.310 e. The van der Waals surface area contributed by atoms with Gasteiger partial charge in [0.25, 0.3) is 0 Å². The molecule has 2 heterocycles. The van der Waals surface area contributed by atoms with Gasteiger partial charge in [-0.05, 0) is 6.92 Å². The van der Waals surface area contributed by atoms with Crippen molar-refractivity contribution in [3.8, 4) is 0 Å². The maximum Gasteiger partial charge on any atom is 0.310 e. The summed E-state index contributed by atoms with van der Waals surface area (Å²) in [4.78, 5) is 48.1. The van der Waals surface area contributed by atoms with Gasteiger partial charge in [-0.1, -0.05) is 0 Å². The van der Waals surface area contributed by atoms with Gasteiger partial charge in [-0.15, -0.1) is 0 Å². The lowest BCUT2D eigenvalue weighted by Crippen LogP contribution is -2.50. The van der Waals surface area contributed by atoms with Crippen LogP contribution in [0.25, 0.3) is 0 Å². The Bertz CT molecular complexity index is 707. The molecule has 3 atom stereocenters. The Morgan fingerprint density at radius 1 is 1.38 bits per heavy atom. The molecule has 2 aliphatic heterocycles. The van der Waals surface area contributed by atoms with Crippen LogP contribution in [0.2, 0.25) is 0 Å². The lowest BCUT2D eigenvalue weighted by atomic mass is 10.2. The highest BCUT2D eigenvalue weighted by Crippen LogP contribution is 2.17. The molecule has 146 valence electrons. The highest BCUT2D eigenvalue weighted by atomic mass is 32.2. The van der Waals surface area contributed by atoms with E-state index in [1.807, 2.05) is 0 Å². The molecule has 0 aromatic heterocycles. The van der Waals surface area contributed by atoms with E-state index in [9.17, 15) is 27.6 Å². The maximum absolute atomic E-state index is 12.2. The first kappa shape index (κ1) is 20.1. The van der Waals surface area contributed by atoms with Crippen LogP contribution in [0.15, 0.2) is 0 Å². The number of nitrogens with zero attached hydrogens (tertiary/aromatic N) is 1. The third-order valence-corrected chi connectivity index (χ3v) is 6.09. The number of nitrogens with one attached hydrogen (secondary N) is 1. The highest BCUT2D eigenvalue weighted by Gasteiger charge is 2.40. The molecular weight excluding hydrogens is 370 g/mol. The number of hydrogen-bond donors (Lipinski definition) is 2. The van der Waals surface area contributed by atoms with E-state index in [1.165, 1.54) is 0 Å². The van der Waals surface area contributed by atoms with Gasteiger partial charge in [0.1, 0.15) is 6.04 Å². The minimum atomic E-state index is -3.86. The average Bonchev–Trinajstić information content (AvgIpc) is 2.82. The molecule has 3 N–H and O–H groups in total. The molecule has 11 nitrogen and oxygen atoms in total. The third-order valence-electron chi connectivity index (χ3n) is 4.06. The van der Waals surface area contributed by atoms with E-state index in [-0.39, 0.29) is 19.4 Å². The predicted molar refractivity (Wildman–Crippen MR) is 86.0 cm³/mol. The molecule has 3 amide bonds. The van der Waals surface area contributed by atoms with Crippen LogP contribution in [0.1, 0.15) is 19.8 Å². The van der Waals surface area contributed by atoms with Gasteiger partial charge in [-0.3, -0.25) is 19.2 Å². The van der Waals surface area contributed by atoms with Crippen LogP contribution in [-0.4, -0.2) is 80.0 Å². The summed E-state index contributed by atoms with van der Waals surface area (Å²) < 4.78 is 34.1. The number of ether oxygens (including phenoxy) is 2. The molecule has 2 aliphatic rings. The zero-order valence-corrected chi connectivity index (χ0v) is 15.0. The van der Waals surface area contributed by atoms with Crippen LogP contribution in [0.4, 0.5) is 0 Å². The summed E-state index contributed by atoms with van der Waals surface area (Å²) in [6.45, 7) is 1.01. The van der Waals surface area contributed by atoms with Gasteiger partial charge in [0.15, 0.2) is 15.1 Å². The molecule has 0 aromatic carbocycles. The van der Waals surface area contributed by atoms with E-state index >= 15 is 0 Å². The minimum Gasteiger partial charge on any atom is -0.433 e. The fourth-order valence-corrected chi connectivity index (χ4v) is 4.26. The summed E-state index contributed by atoms with van der Waals surface area (Å²) >= 11 is 0. The molecule has 12 heteroatoms. The minimum absolute atomic E-state index is 0.0807. The van der Waals surface area contributed by atoms with Gasteiger partial charge in [0.2, 0.25) is 24.0 Å². The molecule has 0 aliphatic carbocycles. The van der Waals surface area contributed by atoms with Gasteiger partial charge in [-0.2, -0.15) is 0 Å². The molecule has 2 rings (SSSR count). The average molecular weight is 391 g/mol. The van der Waals surface area contributed by atoms with E-state index in [0.717, 1.165) is 4.90 Å². The molecule has 26 heavy (non-hydrogen) atoms. The molecule has 0 radical (unpaired) electrons. The number of sulfone groups is 1. The van der Waals surface area contributed by atoms with Crippen molar-refractivity contribution < 1.29 is 37.1 Å².